The Hall–Kier alpha value is -0.940. The fraction of sp³-hybridized carbons (Fsp3) is 0.714. The van der Waals surface area contributed by atoms with Gasteiger partial charge in [-0.3, -0.25) is 9.59 Å². The topological polar surface area (TPSA) is 48.3 Å². The lowest BCUT2D eigenvalue weighted by Crippen LogP contribution is -2.50. The summed E-state index contributed by atoms with van der Waals surface area (Å²) in [6.45, 7) is 4.30. The van der Waals surface area contributed by atoms with Crippen LogP contribution in [0.3, 0.4) is 0 Å². The van der Waals surface area contributed by atoms with Crippen LogP contribution < -0.4 is 4.87 Å². The summed E-state index contributed by atoms with van der Waals surface area (Å²) in [5, 5.41) is 1.67. The molecule has 19 heavy (non-hydrogen) atoms. The first kappa shape index (κ1) is 13.1. The van der Waals surface area contributed by atoms with Gasteiger partial charge in [0.15, 0.2) is 0 Å². The number of methoxy groups -OCH3 is 1. The van der Waals surface area contributed by atoms with Crippen LogP contribution in [-0.4, -0.2) is 23.7 Å². The van der Waals surface area contributed by atoms with Crippen molar-refractivity contribution in [3.05, 3.63) is 21.2 Å². The van der Waals surface area contributed by atoms with Gasteiger partial charge < -0.3 is 4.74 Å². The molecule has 2 aliphatic carbocycles. The molecule has 1 heterocycles. The van der Waals surface area contributed by atoms with Crippen molar-refractivity contribution in [2.75, 3.05) is 7.11 Å². The second kappa shape index (κ2) is 4.03. The fourth-order valence-electron chi connectivity index (χ4n) is 4.35. The molecule has 5 heteroatoms. The lowest BCUT2D eigenvalue weighted by Gasteiger charge is -2.39. The first-order valence-corrected chi connectivity index (χ1v) is 7.57. The SMILES string of the molecule is CO[C@@H]1C[C@H]2CC[C@]1(C(=O)n1ccsc1=O)C2(C)C. The molecule has 2 saturated carbocycles. The summed E-state index contributed by atoms with van der Waals surface area (Å²) >= 11 is 1.07. The van der Waals surface area contributed by atoms with Gasteiger partial charge in [0.1, 0.15) is 0 Å². The van der Waals surface area contributed by atoms with E-state index in [1.807, 2.05) is 0 Å². The van der Waals surface area contributed by atoms with E-state index in [0.717, 1.165) is 30.6 Å². The average Bonchev–Trinajstić information content (AvgIpc) is 2.98. The van der Waals surface area contributed by atoms with Gasteiger partial charge in [0.2, 0.25) is 5.91 Å². The monoisotopic (exact) mass is 281 g/mol. The van der Waals surface area contributed by atoms with Gasteiger partial charge in [0, 0.05) is 18.7 Å². The normalized spacial score (nSPS) is 35.7. The maximum absolute atomic E-state index is 13.0. The summed E-state index contributed by atoms with van der Waals surface area (Å²) in [5.74, 6) is 0.436. The maximum Gasteiger partial charge on any atom is 0.313 e. The summed E-state index contributed by atoms with van der Waals surface area (Å²) in [4.78, 5) is 24.6. The minimum Gasteiger partial charge on any atom is -0.380 e. The van der Waals surface area contributed by atoms with E-state index in [0.29, 0.717) is 5.92 Å². The van der Waals surface area contributed by atoms with Crippen molar-refractivity contribution in [2.24, 2.45) is 16.7 Å². The number of carbonyl (C=O) groups excluding carboxylic acids is 1. The van der Waals surface area contributed by atoms with E-state index < -0.39 is 5.41 Å². The molecule has 2 aliphatic rings. The molecule has 0 spiro atoms. The molecule has 1 aromatic heterocycles. The van der Waals surface area contributed by atoms with Crippen molar-refractivity contribution in [3.8, 4) is 0 Å². The van der Waals surface area contributed by atoms with Crippen LogP contribution in [0.5, 0.6) is 0 Å². The predicted molar refractivity (Wildman–Crippen MR) is 73.6 cm³/mol. The van der Waals surface area contributed by atoms with Crippen LogP contribution in [-0.2, 0) is 4.74 Å². The van der Waals surface area contributed by atoms with Crippen molar-refractivity contribution in [1.82, 2.24) is 4.57 Å². The van der Waals surface area contributed by atoms with E-state index in [2.05, 4.69) is 13.8 Å². The van der Waals surface area contributed by atoms with Crippen molar-refractivity contribution >= 4 is 17.2 Å². The van der Waals surface area contributed by atoms with E-state index in [1.54, 1.807) is 18.7 Å². The molecule has 4 nitrogen and oxygen atoms in total. The quantitative estimate of drug-likeness (QED) is 0.836. The zero-order valence-electron chi connectivity index (χ0n) is 11.5. The number of hydrogen-bond donors (Lipinski definition) is 0. The number of carbonyl (C=O) groups is 1. The number of rotatable bonds is 2. The minimum absolute atomic E-state index is 0.0689. The van der Waals surface area contributed by atoms with Crippen LogP contribution >= 0.6 is 11.3 Å². The van der Waals surface area contributed by atoms with Crippen molar-refractivity contribution in [1.29, 1.82) is 0 Å². The van der Waals surface area contributed by atoms with Gasteiger partial charge in [-0.1, -0.05) is 25.2 Å². The van der Waals surface area contributed by atoms with Crippen LogP contribution in [0.1, 0.15) is 37.9 Å². The molecule has 0 aromatic carbocycles. The third kappa shape index (κ3) is 1.43. The van der Waals surface area contributed by atoms with Gasteiger partial charge in [0.05, 0.1) is 11.5 Å². The molecule has 2 bridgehead atoms. The van der Waals surface area contributed by atoms with Crippen LogP contribution in [0.25, 0.3) is 0 Å². The molecule has 104 valence electrons. The predicted octanol–water partition coefficient (Wildman–Crippen LogP) is 2.39. The largest absolute Gasteiger partial charge is 0.380 e. The van der Waals surface area contributed by atoms with Gasteiger partial charge in [-0.2, -0.15) is 0 Å². The third-order valence-corrected chi connectivity index (χ3v) is 6.22. The number of fused-ring (bicyclic) bond motifs is 2. The lowest BCUT2D eigenvalue weighted by atomic mass is 9.67. The zero-order chi connectivity index (χ0) is 13.8. The van der Waals surface area contributed by atoms with Gasteiger partial charge >= 0.3 is 4.87 Å². The highest BCUT2D eigenvalue weighted by atomic mass is 32.1. The van der Waals surface area contributed by atoms with E-state index in [-0.39, 0.29) is 22.3 Å². The van der Waals surface area contributed by atoms with Gasteiger partial charge in [-0.05, 0) is 30.6 Å². The Morgan fingerprint density at radius 3 is 2.79 bits per heavy atom. The van der Waals surface area contributed by atoms with E-state index in [1.165, 1.54) is 4.57 Å². The smallest absolute Gasteiger partial charge is 0.313 e. The molecule has 0 unspecified atom stereocenters. The summed E-state index contributed by atoms with van der Waals surface area (Å²) in [6, 6.07) is 0. The Morgan fingerprint density at radius 1 is 1.53 bits per heavy atom. The second-order valence-electron chi connectivity index (χ2n) is 6.23. The van der Waals surface area contributed by atoms with E-state index in [9.17, 15) is 9.59 Å². The first-order chi connectivity index (χ1) is 8.95. The van der Waals surface area contributed by atoms with Gasteiger partial charge in [-0.25, -0.2) is 4.57 Å². The molecular weight excluding hydrogens is 262 g/mol. The summed E-state index contributed by atoms with van der Waals surface area (Å²) in [7, 11) is 1.67. The van der Waals surface area contributed by atoms with E-state index >= 15 is 0 Å². The Kier molecular flexibility index (Phi) is 2.77. The molecule has 3 atom stereocenters. The Morgan fingerprint density at radius 2 is 2.26 bits per heavy atom. The van der Waals surface area contributed by atoms with Crippen LogP contribution in [0.2, 0.25) is 0 Å². The average molecular weight is 281 g/mol. The van der Waals surface area contributed by atoms with Crippen LogP contribution in [0, 0.1) is 16.7 Å². The Bertz CT molecular complexity index is 573. The highest BCUT2D eigenvalue weighted by molar-refractivity contribution is 7.07. The number of thiazole rings is 1. The highest BCUT2D eigenvalue weighted by Crippen LogP contribution is 2.66. The number of ether oxygens (including phenoxy) is 1. The van der Waals surface area contributed by atoms with Crippen LogP contribution in [0.15, 0.2) is 16.4 Å². The zero-order valence-corrected chi connectivity index (χ0v) is 12.3. The summed E-state index contributed by atoms with van der Waals surface area (Å²) in [6.07, 6.45) is 4.33. The molecule has 0 N–H and O–H groups in total. The molecule has 1 aromatic rings. The maximum atomic E-state index is 13.0. The van der Waals surface area contributed by atoms with Crippen molar-refractivity contribution in [3.63, 3.8) is 0 Å². The molecular formula is C14H19NO3S. The number of nitrogens with zero attached hydrogens (tertiary/aromatic N) is 1. The Balaban J connectivity index is 2.12. The molecule has 3 rings (SSSR count). The number of aromatic nitrogens is 1. The molecule has 0 amide bonds. The molecule has 0 aliphatic heterocycles. The van der Waals surface area contributed by atoms with E-state index in [4.69, 9.17) is 4.74 Å². The fourth-order valence-corrected chi connectivity index (χ4v) is 4.90. The number of hydrogen-bond acceptors (Lipinski definition) is 4. The van der Waals surface area contributed by atoms with Crippen LogP contribution in [0.4, 0.5) is 0 Å². The van der Waals surface area contributed by atoms with Gasteiger partial charge in [-0.15, -0.1) is 0 Å². The summed E-state index contributed by atoms with van der Waals surface area (Å²) in [5.41, 5.74) is -0.649. The summed E-state index contributed by atoms with van der Waals surface area (Å²) < 4.78 is 6.89. The minimum atomic E-state index is -0.544. The lowest BCUT2D eigenvalue weighted by molar-refractivity contribution is -0.0228. The van der Waals surface area contributed by atoms with Crippen molar-refractivity contribution in [2.45, 2.75) is 39.2 Å². The third-order valence-electron chi connectivity index (χ3n) is 5.57. The molecule has 2 fully saturated rings. The van der Waals surface area contributed by atoms with Gasteiger partial charge in [0.25, 0.3) is 0 Å². The standard InChI is InChI=1S/C14H19NO3S/c1-13(2)9-4-5-14(13,10(8-9)18-3)11(16)15-6-7-19-12(15)17/h6-7,9-10H,4-5,8H2,1-3H3/t9-,10-,14+/m1/s1. The molecule has 0 saturated heterocycles. The van der Waals surface area contributed by atoms with Crippen molar-refractivity contribution < 1.29 is 9.53 Å². The highest BCUT2D eigenvalue weighted by Gasteiger charge is 2.68. The first-order valence-electron chi connectivity index (χ1n) is 6.69. The molecule has 0 radical (unpaired) electrons. The second-order valence-corrected chi connectivity index (χ2v) is 7.09. The Labute approximate surface area is 116 Å².